The molecule has 82 valence electrons. The summed E-state index contributed by atoms with van der Waals surface area (Å²) in [6, 6.07) is 0.149. The summed E-state index contributed by atoms with van der Waals surface area (Å²) in [4.78, 5) is 11.9. The van der Waals surface area contributed by atoms with Crippen molar-refractivity contribution in [3.63, 3.8) is 0 Å². The van der Waals surface area contributed by atoms with E-state index in [2.05, 4.69) is 13.8 Å². The van der Waals surface area contributed by atoms with E-state index in [0.29, 0.717) is 11.7 Å². The molecule has 3 unspecified atom stereocenters. The highest BCUT2D eigenvalue weighted by Crippen LogP contribution is 2.27. The molecule has 3 atom stereocenters. The highest BCUT2D eigenvalue weighted by molar-refractivity contribution is 5.82. The van der Waals surface area contributed by atoms with Crippen LogP contribution in [0.5, 0.6) is 0 Å². The van der Waals surface area contributed by atoms with Gasteiger partial charge in [-0.3, -0.25) is 4.79 Å². The fraction of sp³-hybridized carbons (Fsp3) is 0.917. The van der Waals surface area contributed by atoms with Crippen molar-refractivity contribution in [3.05, 3.63) is 0 Å². The Balaban J connectivity index is 2.33. The van der Waals surface area contributed by atoms with Gasteiger partial charge in [0, 0.05) is 18.4 Å². The van der Waals surface area contributed by atoms with Crippen molar-refractivity contribution in [1.29, 1.82) is 0 Å². The molecule has 1 aliphatic carbocycles. The molecule has 0 aliphatic heterocycles. The maximum atomic E-state index is 11.9. The SMILES string of the molecule is CCCC(C)CC(=O)C1CCCC1N. The van der Waals surface area contributed by atoms with Crippen LogP contribution in [-0.4, -0.2) is 11.8 Å². The molecule has 1 aliphatic rings. The van der Waals surface area contributed by atoms with Gasteiger partial charge in [0.15, 0.2) is 0 Å². The minimum atomic E-state index is 0.149. The Labute approximate surface area is 87.2 Å². The Morgan fingerprint density at radius 3 is 2.71 bits per heavy atom. The quantitative estimate of drug-likeness (QED) is 0.736. The van der Waals surface area contributed by atoms with Crippen molar-refractivity contribution in [2.24, 2.45) is 17.6 Å². The second-order valence-corrected chi connectivity index (χ2v) is 4.77. The van der Waals surface area contributed by atoms with Crippen LogP contribution < -0.4 is 5.73 Å². The average molecular weight is 197 g/mol. The number of rotatable bonds is 5. The largest absolute Gasteiger partial charge is 0.327 e. The molecule has 1 fully saturated rings. The fourth-order valence-corrected chi connectivity index (χ4v) is 2.48. The molecule has 14 heavy (non-hydrogen) atoms. The minimum Gasteiger partial charge on any atom is -0.327 e. The first-order valence-corrected chi connectivity index (χ1v) is 5.93. The van der Waals surface area contributed by atoms with Gasteiger partial charge in [-0.2, -0.15) is 0 Å². The van der Waals surface area contributed by atoms with Crippen molar-refractivity contribution >= 4 is 5.78 Å². The maximum absolute atomic E-state index is 11.9. The summed E-state index contributed by atoms with van der Waals surface area (Å²) < 4.78 is 0. The van der Waals surface area contributed by atoms with E-state index in [1.165, 1.54) is 6.42 Å². The summed E-state index contributed by atoms with van der Waals surface area (Å²) in [6.07, 6.45) is 6.28. The lowest BCUT2D eigenvalue weighted by molar-refractivity contribution is -0.123. The second-order valence-electron chi connectivity index (χ2n) is 4.77. The zero-order valence-corrected chi connectivity index (χ0v) is 9.46. The zero-order valence-electron chi connectivity index (χ0n) is 9.46. The van der Waals surface area contributed by atoms with E-state index in [9.17, 15) is 4.79 Å². The fourth-order valence-electron chi connectivity index (χ4n) is 2.48. The Hall–Kier alpha value is -0.370. The first-order chi connectivity index (χ1) is 6.65. The van der Waals surface area contributed by atoms with Crippen LogP contribution in [0.25, 0.3) is 0 Å². The molecule has 0 heterocycles. The van der Waals surface area contributed by atoms with E-state index >= 15 is 0 Å². The lowest BCUT2D eigenvalue weighted by Gasteiger charge is -2.16. The standard InChI is InChI=1S/C12H23NO/c1-3-5-9(2)8-12(14)10-6-4-7-11(10)13/h9-11H,3-8,13H2,1-2H3. The van der Waals surface area contributed by atoms with Gasteiger partial charge in [0.25, 0.3) is 0 Å². The van der Waals surface area contributed by atoms with Crippen LogP contribution in [0.2, 0.25) is 0 Å². The number of hydrogen-bond acceptors (Lipinski definition) is 2. The van der Waals surface area contributed by atoms with Gasteiger partial charge in [-0.15, -0.1) is 0 Å². The van der Waals surface area contributed by atoms with Crippen LogP contribution in [0, 0.1) is 11.8 Å². The zero-order chi connectivity index (χ0) is 10.6. The van der Waals surface area contributed by atoms with Crippen molar-refractivity contribution in [3.8, 4) is 0 Å². The van der Waals surface area contributed by atoms with Gasteiger partial charge in [0.1, 0.15) is 5.78 Å². The van der Waals surface area contributed by atoms with Crippen molar-refractivity contribution in [2.75, 3.05) is 0 Å². The number of ketones is 1. The minimum absolute atomic E-state index is 0.149. The monoisotopic (exact) mass is 197 g/mol. The van der Waals surface area contributed by atoms with Crippen LogP contribution in [0.3, 0.4) is 0 Å². The molecule has 2 heteroatoms. The third kappa shape index (κ3) is 3.09. The van der Waals surface area contributed by atoms with Crippen LogP contribution in [0.15, 0.2) is 0 Å². The van der Waals surface area contributed by atoms with Gasteiger partial charge in [-0.25, -0.2) is 0 Å². The summed E-state index contributed by atoms with van der Waals surface area (Å²) >= 11 is 0. The number of hydrogen-bond donors (Lipinski definition) is 1. The molecule has 0 bridgehead atoms. The molecule has 0 spiro atoms. The van der Waals surface area contributed by atoms with Crippen LogP contribution >= 0.6 is 0 Å². The van der Waals surface area contributed by atoms with E-state index < -0.39 is 0 Å². The van der Waals surface area contributed by atoms with Crippen molar-refractivity contribution < 1.29 is 4.79 Å². The highest BCUT2D eigenvalue weighted by Gasteiger charge is 2.30. The van der Waals surface area contributed by atoms with E-state index in [1.807, 2.05) is 0 Å². The van der Waals surface area contributed by atoms with Crippen molar-refractivity contribution in [2.45, 2.75) is 58.4 Å². The highest BCUT2D eigenvalue weighted by atomic mass is 16.1. The Morgan fingerprint density at radius 1 is 1.50 bits per heavy atom. The number of nitrogens with two attached hydrogens (primary N) is 1. The van der Waals surface area contributed by atoms with Crippen LogP contribution in [-0.2, 0) is 4.79 Å². The van der Waals surface area contributed by atoms with Gasteiger partial charge in [-0.1, -0.05) is 33.1 Å². The van der Waals surface area contributed by atoms with E-state index in [4.69, 9.17) is 5.73 Å². The molecule has 0 saturated heterocycles. The molecule has 2 nitrogen and oxygen atoms in total. The Morgan fingerprint density at radius 2 is 2.21 bits per heavy atom. The summed E-state index contributed by atoms with van der Waals surface area (Å²) in [6.45, 7) is 4.34. The molecular formula is C12H23NO. The molecule has 1 saturated carbocycles. The van der Waals surface area contributed by atoms with E-state index in [0.717, 1.165) is 32.1 Å². The molecule has 0 radical (unpaired) electrons. The summed E-state index contributed by atoms with van der Waals surface area (Å²) in [5, 5.41) is 0. The predicted molar refractivity (Wildman–Crippen MR) is 59.0 cm³/mol. The molecule has 0 aromatic rings. The average Bonchev–Trinajstić information content (AvgIpc) is 2.51. The molecule has 0 amide bonds. The third-order valence-electron chi connectivity index (χ3n) is 3.31. The lowest BCUT2D eigenvalue weighted by Crippen LogP contribution is -2.31. The van der Waals surface area contributed by atoms with E-state index in [1.54, 1.807) is 0 Å². The smallest absolute Gasteiger partial charge is 0.137 e. The van der Waals surface area contributed by atoms with Gasteiger partial charge in [0.2, 0.25) is 0 Å². The Bertz CT molecular complexity index is 191. The summed E-state index contributed by atoms with van der Waals surface area (Å²) in [7, 11) is 0. The van der Waals surface area contributed by atoms with Gasteiger partial charge >= 0.3 is 0 Å². The van der Waals surface area contributed by atoms with Gasteiger partial charge in [-0.05, 0) is 18.8 Å². The second kappa shape index (κ2) is 5.50. The summed E-state index contributed by atoms with van der Waals surface area (Å²) in [5.74, 6) is 1.13. The number of Topliss-reactive ketones (excluding diaryl/α,β-unsaturated/α-hetero) is 1. The Kier molecular flexibility index (Phi) is 4.59. The van der Waals surface area contributed by atoms with Gasteiger partial charge < -0.3 is 5.73 Å². The summed E-state index contributed by atoms with van der Waals surface area (Å²) in [5.41, 5.74) is 5.91. The third-order valence-corrected chi connectivity index (χ3v) is 3.31. The van der Waals surface area contributed by atoms with E-state index in [-0.39, 0.29) is 12.0 Å². The normalized spacial score (nSPS) is 29.1. The van der Waals surface area contributed by atoms with Crippen LogP contribution in [0.1, 0.15) is 52.4 Å². The molecular weight excluding hydrogens is 174 g/mol. The molecule has 1 rings (SSSR count). The topological polar surface area (TPSA) is 43.1 Å². The molecule has 0 aromatic carbocycles. The molecule has 0 aromatic heterocycles. The van der Waals surface area contributed by atoms with Crippen LogP contribution in [0.4, 0.5) is 0 Å². The predicted octanol–water partition coefficient (Wildman–Crippen LogP) is 2.51. The number of carbonyl (C=O) groups is 1. The van der Waals surface area contributed by atoms with Crippen molar-refractivity contribution in [1.82, 2.24) is 0 Å². The van der Waals surface area contributed by atoms with Gasteiger partial charge in [0.05, 0.1) is 0 Å². The maximum Gasteiger partial charge on any atom is 0.137 e. The number of carbonyl (C=O) groups excluding carboxylic acids is 1. The molecule has 2 N–H and O–H groups in total. The lowest BCUT2D eigenvalue weighted by atomic mass is 9.90. The first kappa shape index (κ1) is 11.7. The first-order valence-electron chi connectivity index (χ1n) is 5.93.